The summed E-state index contributed by atoms with van der Waals surface area (Å²) in [4.78, 5) is 11.4. The first-order valence-electron chi connectivity index (χ1n) is 3.60. The Kier molecular flexibility index (Phi) is 2.80. The summed E-state index contributed by atoms with van der Waals surface area (Å²) < 4.78 is 24.2. The van der Waals surface area contributed by atoms with E-state index in [0.717, 1.165) is 4.90 Å². The predicted octanol–water partition coefficient (Wildman–Crippen LogP) is 0.203. The molecule has 0 aromatic rings. The number of carbonyl (C=O) groups is 1. The number of halogens is 2. The van der Waals surface area contributed by atoms with Crippen LogP contribution in [0.4, 0.5) is 13.6 Å². The second-order valence-electron chi connectivity index (χ2n) is 2.62. The standard InChI is InChI=1S/C6H10F2N2O2/c7-5(8)4-3-10(6(11)12)2-1-9-4/h4-5,9H,1-3H2,(H,11,12). The molecular weight excluding hydrogens is 170 g/mol. The van der Waals surface area contributed by atoms with Gasteiger partial charge in [-0.05, 0) is 0 Å². The molecule has 1 fully saturated rings. The number of piperazine rings is 1. The largest absolute Gasteiger partial charge is 0.465 e. The molecule has 0 bridgehead atoms. The van der Waals surface area contributed by atoms with Gasteiger partial charge in [0, 0.05) is 19.6 Å². The van der Waals surface area contributed by atoms with E-state index < -0.39 is 18.6 Å². The zero-order chi connectivity index (χ0) is 9.14. The lowest BCUT2D eigenvalue weighted by Gasteiger charge is -2.31. The highest BCUT2D eigenvalue weighted by Crippen LogP contribution is 2.07. The normalized spacial score (nSPS) is 24.6. The molecule has 12 heavy (non-hydrogen) atoms. The molecule has 6 heteroatoms. The fourth-order valence-electron chi connectivity index (χ4n) is 1.12. The Bertz CT molecular complexity index is 177. The minimum absolute atomic E-state index is 0.132. The summed E-state index contributed by atoms with van der Waals surface area (Å²) in [5, 5.41) is 11.0. The lowest BCUT2D eigenvalue weighted by Crippen LogP contribution is -2.55. The van der Waals surface area contributed by atoms with Crippen molar-refractivity contribution in [2.45, 2.75) is 12.5 Å². The van der Waals surface area contributed by atoms with Crippen LogP contribution in [0.5, 0.6) is 0 Å². The molecule has 0 saturated carbocycles. The second kappa shape index (κ2) is 3.66. The summed E-state index contributed by atoms with van der Waals surface area (Å²) in [6.45, 7) is 0.437. The van der Waals surface area contributed by atoms with Crippen molar-refractivity contribution in [1.29, 1.82) is 0 Å². The summed E-state index contributed by atoms with van der Waals surface area (Å²) in [5.41, 5.74) is 0. The number of amides is 1. The molecule has 1 saturated heterocycles. The van der Waals surface area contributed by atoms with E-state index in [-0.39, 0.29) is 13.1 Å². The average Bonchev–Trinajstić information content (AvgIpc) is 2.04. The van der Waals surface area contributed by atoms with E-state index in [1.54, 1.807) is 0 Å². The molecule has 1 amide bonds. The number of nitrogens with one attached hydrogen (secondary N) is 1. The van der Waals surface area contributed by atoms with E-state index in [4.69, 9.17) is 5.11 Å². The van der Waals surface area contributed by atoms with Crippen LogP contribution in [0.1, 0.15) is 0 Å². The quantitative estimate of drug-likeness (QED) is 0.606. The molecule has 0 radical (unpaired) electrons. The van der Waals surface area contributed by atoms with Gasteiger partial charge in [-0.15, -0.1) is 0 Å². The van der Waals surface area contributed by atoms with Crippen molar-refractivity contribution >= 4 is 6.09 Å². The van der Waals surface area contributed by atoms with E-state index in [1.807, 2.05) is 0 Å². The highest BCUT2D eigenvalue weighted by Gasteiger charge is 2.28. The van der Waals surface area contributed by atoms with Crippen LogP contribution in [-0.4, -0.2) is 48.2 Å². The van der Waals surface area contributed by atoms with Gasteiger partial charge in [0.25, 0.3) is 6.43 Å². The smallest absolute Gasteiger partial charge is 0.407 e. The van der Waals surface area contributed by atoms with Crippen LogP contribution < -0.4 is 5.32 Å². The maximum Gasteiger partial charge on any atom is 0.407 e. The van der Waals surface area contributed by atoms with Gasteiger partial charge in [0.1, 0.15) is 0 Å². The molecule has 0 aromatic heterocycles. The number of hydrogen-bond acceptors (Lipinski definition) is 2. The van der Waals surface area contributed by atoms with Crippen molar-refractivity contribution in [1.82, 2.24) is 10.2 Å². The van der Waals surface area contributed by atoms with Crippen LogP contribution in [0.15, 0.2) is 0 Å². The predicted molar refractivity (Wildman–Crippen MR) is 37.4 cm³/mol. The van der Waals surface area contributed by atoms with Gasteiger partial charge in [-0.25, -0.2) is 13.6 Å². The average molecular weight is 180 g/mol. The summed E-state index contributed by atoms with van der Waals surface area (Å²) >= 11 is 0. The molecular formula is C6H10F2N2O2. The molecule has 70 valence electrons. The molecule has 1 aliphatic rings. The molecule has 4 nitrogen and oxygen atoms in total. The summed E-state index contributed by atoms with van der Waals surface area (Å²) in [6.07, 6.45) is -3.64. The number of nitrogens with zero attached hydrogens (tertiary/aromatic N) is 1. The van der Waals surface area contributed by atoms with Crippen LogP contribution in [0.3, 0.4) is 0 Å². The van der Waals surface area contributed by atoms with E-state index in [9.17, 15) is 13.6 Å². The van der Waals surface area contributed by atoms with Crippen LogP contribution in [-0.2, 0) is 0 Å². The Morgan fingerprint density at radius 1 is 1.67 bits per heavy atom. The van der Waals surface area contributed by atoms with Gasteiger partial charge in [0.05, 0.1) is 6.04 Å². The van der Waals surface area contributed by atoms with E-state index in [1.165, 1.54) is 0 Å². The fourth-order valence-corrected chi connectivity index (χ4v) is 1.12. The fraction of sp³-hybridized carbons (Fsp3) is 0.833. The molecule has 0 aromatic carbocycles. The zero-order valence-electron chi connectivity index (χ0n) is 6.33. The van der Waals surface area contributed by atoms with Gasteiger partial charge in [-0.2, -0.15) is 0 Å². The molecule has 1 rings (SSSR count). The van der Waals surface area contributed by atoms with Crippen LogP contribution in [0, 0.1) is 0 Å². The second-order valence-corrected chi connectivity index (χ2v) is 2.62. The molecule has 1 heterocycles. The van der Waals surface area contributed by atoms with Gasteiger partial charge in [0.2, 0.25) is 0 Å². The van der Waals surface area contributed by atoms with E-state index in [0.29, 0.717) is 6.54 Å². The summed E-state index contributed by atoms with van der Waals surface area (Å²) in [6, 6.07) is -1.02. The van der Waals surface area contributed by atoms with Crippen LogP contribution in [0.2, 0.25) is 0 Å². The van der Waals surface area contributed by atoms with Crippen molar-refractivity contribution in [2.75, 3.05) is 19.6 Å². The molecule has 1 unspecified atom stereocenters. The third kappa shape index (κ3) is 2.04. The number of alkyl halides is 2. The van der Waals surface area contributed by atoms with Gasteiger partial charge in [-0.3, -0.25) is 0 Å². The molecule has 1 atom stereocenters. The minimum Gasteiger partial charge on any atom is -0.465 e. The monoisotopic (exact) mass is 180 g/mol. The van der Waals surface area contributed by atoms with Crippen molar-refractivity contribution in [3.05, 3.63) is 0 Å². The van der Waals surface area contributed by atoms with Crippen molar-refractivity contribution in [2.24, 2.45) is 0 Å². The lowest BCUT2D eigenvalue weighted by molar-refractivity contribution is 0.0563. The molecule has 2 N–H and O–H groups in total. The maximum absolute atomic E-state index is 12.1. The molecule has 0 aliphatic carbocycles. The van der Waals surface area contributed by atoms with Crippen LogP contribution in [0.25, 0.3) is 0 Å². The van der Waals surface area contributed by atoms with Crippen molar-refractivity contribution in [3.63, 3.8) is 0 Å². The Balaban J connectivity index is 2.46. The SMILES string of the molecule is O=C(O)N1CCNC(C(F)F)C1. The van der Waals surface area contributed by atoms with Gasteiger partial charge in [-0.1, -0.05) is 0 Å². The Labute approximate surface area is 68.2 Å². The van der Waals surface area contributed by atoms with Crippen molar-refractivity contribution in [3.8, 4) is 0 Å². The molecule has 1 aliphatic heterocycles. The Morgan fingerprint density at radius 2 is 2.33 bits per heavy atom. The lowest BCUT2D eigenvalue weighted by atomic mass is 10.2. The first-order chi connectivity index (χ1) is 5.61. The third-order valence-corrected chi connectivity index (χ3v) is 1.78. The Morgan fingerprint density at radius 3 is 2.83 bits per heavy atom. The molecule has 0 spiro atoms. The highest BCUT2D eigenvalue weighted by molar-refractivity contribution is 5.65. The summed E-state index contributed by atoms with van der Waals surface area (Å²) in [7, 11) is 0. The van der Waals surface area contributed by atoms with Crippen molar-refractivity contribution < 1.29 is 18.7 Å². The first kappa shape index (κ1) is 9.18. The van der Waals surface area contributed by atoms with Gasteiger partial charge in [0.15, 0.2) is 0 Å². The van der Waals surface area contributed by atoms with Gasteiger partial charge < -0.3 is 15.3 Å². The minimum atomic E-state index is -2.51. The number of carboxylic acid groups (broad SMARTS) is 1. The Hall–Kier alpha value is -0.910. The topological polar surface area (TPSA) is 52.6 Å². The third-order valence-electron chi connectivity index (χ3n) is 1.78. The number of hydrogen-bond donors (Lipinski definition) is 2. The van der Waals surface area contributed by atoms with Gasteiger partial charge >= 0.3 is 6.09 Å². The maximum atomic E-state index is 12.1. The van der Waals surface area contributed by atoms with Crippen LogP contribution >= 0.6 is 0 Å². The summed E-state index contributed by atoms with van der Waals surface area (Å²) in [5.74, 6) is 0. The zero-order valence-corrected chi connectivity index (χ0v) is 6.33. The number of rotatable bonds is 1. The van der Waals surface area contributed by atoms with E-state index >= 15 is 0 Å². The first-order valence-corrected chi connectivity index (χ1v) is 3.60. The highest BCUT2D eigenvalue weighted by atomic mass is 19.3. The van der Waals surface area contributed by atoms with E-state index in [2.05, 4.69) is 5.32 Å².